The lowest BCUT2D eigenvalue weighted by atomic mass is 10.0. The van der Waals surface area contributed by atoms with Crippen molar-refractivity contribution in [2.24, 2.45) is 0 Å². The van der Waals surface area contributed by atoms with Crippen molar-refractivity contribution in [2.75, 3.05) is 0 Å². The molecule has 0 aliphatic heterocycles. The largest absolute Gasteiger partial charge is 0.460 e. The van der Waals surface area contributed by atoms with Crippen molar-refractivity contribution in [3.63, 3.8) is 0 Å². The molecule has 0 N–H and O–H groups in total. The summed E-state index contributed by atoms with van der Waals surface area (Å²) in [5.41, 5.74) is -1.85. The standard InChI is InChI=1S/C8H3F8N/c9-5-1-4(2-17-3-5)6(10,11)7(12,13)8(14,15)16/h1-3H. The molecule has 0 radical (unpaired) electrons. The Kier molecular flexibility index (Phi) is 3.06. The highest BCUT2D eigenvalue weighted by Crippen LogP contribution is 2.51. The summed E-state index contributed by atoms with van der Waals surface area (Å²) in [6, 6.07) is -0.132. The molecule has 0 atom stereocenters. The summed E-state index contributed by atoms with van der Waals surface area (Å²) in [5.74, 6) is -13.4. The van der Waals surface area contributed by atoms with Gasteiger partial charge in [0.15, 0.2) is 0 Å². The van der Waals surface area contributed by atoms with Crippen LogP contribution in [0.3, 0.4) is 0 Å². The van der Waals surface area contributed by atoms with Crippen molar-refractivity contribution >= 4 is 0 Å². The van der Waals surface area contributed by atoms with Gasteiger partial charge >= 0.3 is 18.0 Å². The molecule has 0 aliphatic carbocycles. The Morgan fingerprint density at radius 2 is 1.41 bits per heavy atom. The first-order chi connectivity index (χ1) is 7.50. The van der Waals surface area contributed by atoms with E-state index < -0.39 is 29.4 Å². The molecule has 0 saturated carbocycles. The highest BCUT2D eigenvalue weighted by atomic mass is 19.4. The van der Waals surface area contributed by atoms with Crippen LogP contribution in [0.15, 0.2) is 18.5 Å². The van der Waals surface area contributed by atoms with E-state index in [1.54, 1.807) is 0 Å². The Balaban J connectivity index is 3.28. The average molecular weight is 265 g/mol. The lowest BCUT2D eigenvalue weighted by molar-refractivity contribution is -0.359. The molecule has 1 rings (SSSR count). The van der Waals surface area contributed by atoms with E-state index in [1.165, 1.54) is 0 Å². The molecular formula is C8H3F8N. The van der Waals surface area contributed by atoms with E-state index in [0.717, 1.165) is 0 Å². The number of halogens is 8. The van der Waals surface area contributed by atoms with Crippen LogP contribution in [0.25, 0.3) is 0 Å². The third kappa shape index (κ3) is 2.18. The Hall–Kier alpha value is -1.41. The average Bonchev–Trinajstić information content (AvgIpc) is 2.15. The van der Waals surface area contributed by atoms with E-state index in [2.05, 4.69) is 4.98 Å². The monoisotopic (exact) mass is 265 g/mol. The molecule has 96 valence electrons. The van der Waals surface area contributed by atoms with Gasteiger partial charge in [0.2, 0.25) is 0 Å². The fourth-order valence-corrected chi connectivity index (χ4v) is 0.943. The van der Waals surface area contributed by atoms with Crippen LogP contribution < -0.4 is 0 Å². The lowest BCUT2D eigenvalue weighted by Crippen LogP contribution is -2.50. The number of nitrogens with zero attached hydrogens (tertiary/aromatic N) is 1. The van der Waals surface area contributed by atoms with Crippen LogP contribution in [0, 0.1) is 5.82 Å². The van der Waals surface area contributed by atoms with E-state index in [1.807, 2.05) is 0 Å². The fourth-order valence-electron chi connectivity index (χ4n) is 0.943. The molecule has 9 heteroatoms. The van der Waals surface area contributed by atoms with Crippen LogP contribution in [0.2, 0.25) is 0 Å². The number of alkyl halides is 7. The summed E-state index contributed by atoms with van der Waals surface area (Å²) < 4.78 is 98.6. The third-order valence-electron chi connectivity index (χ3n) is 1.82. The number of hydrogen-bond donors (Lipinski definition) is 0. The maximum atomic E-state index is 12.9. The Labute approximate surface area is 89.1 Å². The van der Waals surface area contributed by atoms with Gasteiger partial charge in [-0.2, -0.15) is 30.7 Å². The van der Waals surface area contributed by atoms with Crippen molar-refractivity contribution in [2.45, 2.75) is 18.0 Å². The number of rotatable bonds is 2. The topological polar surface area (TPSA) is 12.9 Å². The minimum Gasteiger partial charge on any atom is -0.261 e. The molecule has 1 aromatic heterocycles. The van der Waals surface area contributed by atoms with E-state index in [0.29, 0.717) is 6.20 Å². The van der Waals surface area contributed by atoms with Crippen LogP contribution in [0.5, 0.6) is 0 Å². The molecule has 0 saturated heterocycles. The molecular weight excluding hydrogens is 262 g/mol. The molecule has 1 aromatic rings. The Bertz CT molecular complexity index is 410. The SMILES string of the molecule is Fc1cncc(C(F)(F)C(F)(F)C(F)(F)F)c1. The molecule has 0 spiro atoms. The molecule has 1 heterocycles. The van der Waals surface area contributed by atoms with Crippen molar-refractivity contribution in [1.82, 2.24) is 4.98 Å². The van der Waals surface area contributed by atoms with Gasteiger partial charge in [-0.15, -0.1) is 0 Å². The highest BCUT2D eigenvalue weighted by molar-refractivity contribution is 5.20. The zero-order valence-corrected chi connectivity index (χ0v) is 7.70. The second kappa shape index (κ2) is 3.81. The lowest BCUT2D eigenvalue weighted by Gasteiger charge is -2.28. The molecule has 0 fully saturated rings. The molecule has 0 bridgehead atoms. The van der Waals surface area contributed by atoms with Gasteiger partial charge in [0, 0.05) is 11.8 Å². The molecule has 0 unspecified atom stereocenters. The van der Waals surface area contributed by atoms with Crippen LogP contribution in [0.1, 0.15) is 5.56 Å². The van der Waals surface area contributed by atoms with Crippen LogP contribution in [-0.4, -0.2) is 17.1 Å². The van der Waals surface area contributed by atoms with Crippen LogP contribution in [0.4, 0.5) is 35.1 Å². The Morgan fingerprint density at radius 3 is 1.82 bits per heavy atom. The van der Waals surface area contributed by atoms with Crippen molar-refractivity contribution in [3.05, 3.63) is 29.8 Å². The van der Waals surface area contributed by atoms with Crippen LogP contribution in [-0.2, 0) is 5.92 Å². The number of pyridine rings is 1. The first kappa shape index (κ1) is 13.7. The zero-order valence-electron chi connectivity index (χ0n) is 7.70. The number of aromatic nitrogens is 1. The Morgan fingerprint density at radius 1 is 0.882 bits per heavy atom. The molecule has 1 nitrogen and oxygen atoms in total. The van der Waals surface area contributed by atoms with Gasteiger partial charge < -0.3 is 0 Å². The van der Waals surface area contributed by atoms with Gasteiger partial charge in [-0.05, 0) is 6.07 Å². The minimum absolute atomic E-state index is 0.0444. The van der Waals surface area contributed by atoms with Gasteiger partial charge in [-0.25, -0.2) is 4.39 Å². The first-order valence-electron chi connectivity index (χ1n) is 3.93. The molecule has 0 amide bonds. The maximum absolute atomic E-state index is 12.9. The van der Waals surface area contributed by atoms with E-state index in [-0.39, 0.29) is 12.3 Å². The summed E-state index contributed by atoms with van der Waals surface area (Å²) in [5, 5.41) is 0. The zero-order chi connectivity index (χ0) is 13.5. The first-order valence-corrected chi connectivity index (χ1v) is 3.93. The quantitative estimate of drug-likeness (QED) is 0.745. The van der Waals surface area contributed by atoms with Gasteiger partial charge in [0.05, 0.1) is 6.20 Å². The minimum atomic E-state index is -6.46. The number of hydrogen-bond acceptors (Lipinski definition) is 1. The van der Waals surface area contributed by atoms with Crippen molar-refractivity contribution < 1.29 is 35.1 Å². The summed E-state index contributed by atoms with van der Waals surface area (Å²) >= 11 is 0. The predicted octanol–water partition coefficient (Wildman–Crippen LogP) is 3.51. The second-order valence-electron chi connectivity index (χ2n) is 3.04. The van der Waals surface area contributed by atoms with Crippen molar-refractivity contribution in [1.29, 1.82) is 0 Å². The summed E-state index contributed by atoms with van der Waals surface area (Å²) in [7, 11) is 0. The second-order valence-corrected chi connectivity index (χ2v) is 3.04. The van der Waals surface area contributed by atoms with E-state index >= 15 is 0 Å². The summed E-state index contributed by atoms with van der Waals surface area (Å²) in [4.78, 5) is 2.79. The highest BCUT2D eigenvalue weighted by Gasteiger charge is 2.73. The predicted molar refractivity (Wildman–Crippen MR) is 39.1 cm³/mol. The molecule has 17 heavy (non-hydrogen) atoms. The third-order valence-corrected chi connectivity index (χ3v) is 1.82. The molecule has 0 aliphatic rings. The molecule has 0 aromatic carbocycles. The van der Waals surface area contributed by atoms with E-state index in [9.17, 15) is 35.1 Å². The van der Waals surface area contributed by atoms with Gasteiger partial charge in [0.1, 0.15) is 5.82 Å². The smallest absolute Gasteiger partial charge is 0.261 e. The van der Waals surface area contributed by atoms with E-state index in [4.69, 9.17) is 0 Å². The normalized spacial score (nSPS) is 13.9. The van der Waals surface area contributed by atoms with Crippen LogP contribution >= 0.6 is 0 Å². The maximum Gasteiger partial charge on any atom is 0.460 e. The van der Waals surface area contributed by atoms with Gasteiger partial charge in [-0.3, -0.25) is 4.98 Å². The summed E-state index contributed by atoms with van der Waals surface area (Å²) in [6.45, 7) is 0. The summed E-state index contributed by atoms with van der Waals surface area (Å²) in [6.07, 6.45) is -6.02. The van der Waals surface area contributed by atoms with Crippen molar-refractivity contribution in [3.8, 4) is 0 Å². The van der Waals surface area contributed by atoms with Gasteiger partial charge in [-0.1, -0.05) is 0 Å². The van der Waals surface area contributed by atoms with Gasteiger partial charge in [0.25, 0.3) is 0 Å². The fraction of sp³-hybridized carbons (Fsp3) is 0.375.